The fourth-order valence-corrected chi connectivity index (χ4v) is 1.98. The van der Waals surface area contributed by atoms with Gasteiger partial charge >= 0.3 is 0 Å². The molecule has 0 saturated carbocycles. The molecule has 2 N–H and O–H groups in total. The minimum Gasteiger partial charge on any atom is -0.363 e. The van der Waals surface area contributed by atoms with Crippen LogP contribution in [-0.4, -0.2) is 19.9 Å². The Morgan fingerprint density at radius 2 is 2.38 bits per heavy atom. The molecule has 0 amide bonds. The van der Waals surface area contributed by atoms with Crippen LogP contribution >= 0.6 is 11.3 Å². The lowest BCUT2D eigenvalue weighted by Crippen LogP contribution is -2.01. The van der Waals surface area contributed by atoms with Crippen LogP contribution in [0.15, 0.2) is 29.4 Å². The van der Waals surface area contributed by atoms with Crippen LogP contribution in [-0.2, 0) is 6.54 Å². The van der Waals surface area contributed by atoms with Crippen LogP contribution in [0.2, 0.25) is 0 Å². The number of H-pyrrole nitrogens is 1. The summed E-state index contributed by atoms with van der Waals surface area (Å²) in [5, 5.41) is 5.19. The summed E-state index contributed by atoms with van der Waals surface area (Å²) >= 11 is 1.59. The Balaban J connectivity index is 1.78. The zero-order valence-corrected chi connectivity index (χ0v) is 9.16. The molecule has 3 rings (SSSR count). The van der Waals surface area contributed by atoms with E-state index in [4.69, 9.17) is 0 Å². The lowest BCUT2D eigenvalue weighted by atomic mass is 10.4. The van der Waals surface area contributed by atoms with Gasteiger partial charge in [-0.15, -0.1) is 11.3 Å². The Labute approximate surface area is 95.6 Å². The van der Waals surface area contributed by atoms with Crippen LogP contribution in [0, 0.1) is 0 Å². The van der Waals surface area contributed by atoms with Crippen molar-refractivity contribution >= 4 is 28.3 Å². The maximum Gasteiger partial charge on any atom is 0.156 e. The van der Waals surface area contributed by atoms with Gasteiger partial charge in [0.2, 0.25) is 0 Å². The predicted molar refractivity (Wildman–Crippen MR) is 63.3 cm³/mol. The average Bonchev–Trinajstić information content (AvgIpc) is 2.97. The van der Waals surface area contributed by atoms with Crippen molar-refractivity contribution in [3.63, 3.8) is 0 Å². The Hall–Kier alpha value is -1.95. The van der Waals surface area contributed by atoms with Crippen molar-refractivity contribution in [3.05, 3.63) is 35.0 Å². The van der Waals surface area contributed by atoms with Gasteiger partial charge in [-0.2, -0.15) is 0 Å². The van der Waals surface area contributed by atoms with Crippen molar-refractivity contribution in [1.29, 1.82) is 0 Å². The SMILES string of the molecule is c1cc2nc(NCc3cscn3)cnc2[nH]1. The number of aromatic amines is 1. The number of aromatic nitrogens is 4. The first-order valence-electron chi connectivity index (χ1n) is 4.83. The van der Waals surface area contributed by atoms with Crippen LogP contribution in [0.3, 0.4) is 0 Å². The van der Waals surface area contributed by atoms with Crippen molar-refractivity contribution in [2.45, 2.75) is 6.54 Å². The van der Waals surface area contributed by atoms with E-state index in [9.17, 15) is 0 Å². The molecule has 0 unspecified atom stereocenters. The molecule has 0 aliphatic rings. The molecular weight excluding hydrogens is 222 g/mol. The third-order valence-electron chi connectivity index (χ3n) is 2.19. The molecule has 0 aromatic carbocycles. The Morgan fingerprint density at radius 1 is 1.38 bits per heavy atom. The van der Waals surface area contributed by atoms with Gasteiger partial charge in [-0.3, -0.25) is 0 Å². The minimum absolute atomic E-state index is 0.675. The molecule has 16 heavy (non-hydrogen) atoms. The summed E-state index contributed by atoms with van der Waals surface area (Å²) in [6.45, 7) is 0.675. The number of hydrogen-bond donors (Lipinski definition) is 2. The zero-order chi connectivity index (χ0) is 10.8. The second kappa shape index (κ2) is 3.90. The van der Waals surface area contributed by atoms with Crippen LogP contribution in [0.1, 0.15) is 5.69 Å². The summed E-state index contributed by atoms with van der Waals surface area (Å²) in [5.41, 5.74) is 4.50. The van der Waals surface area contributed by atoms with E-state index >= 15 is 0 Å². The molecule has 0 aliphatic heterocycles. The van der Waals surface area contributed by atoms with E-state index in [0.29, 0.717) is 6.54 Å². The largest absolute Gasteiger partial charge is 0.363 e. The number of nitrogens with one attached hydrogen (secondary N) is 2. The van der Waals surface area contributed by atoms with Gasteiger partial charge in [-0.05, 0) is 6.07 Å². The summed E-state index contributed by atoms with van der Waals surface area (Å²) in [6.07, 6.45) is 3.54. The molecule has 5 nitrogen and oxygen atoms in total. The Bertz CT molecular complexity index is 586. The first kappa shape index (κ1) is 9.29. The highest BCUT2D eigenvalue weighted by molar-refractivity contribution is 7.07. The maximum absolute atomic E-state index is 4.41. The first-order chi connectivity index (χ1) is 7.92. The topological polar surface area (TPSA) is 66.5 Å². The predicted octanol–water partition coefficient (Wildman–Crippen LogP) is 2.03. The second-order valence-corrected chi connectivity index (χ2v) is 4.02. The lowest BCUT2D eigenvalue weighted by molar-refractivity contribution is 1.05. The highest BCUT2D eigenvalue weighted by Crippen LogP contribution is 2.11. The van der Waals surface area contributed by atoms with Crippen LogP contribution in [0.4, 0.5) is 5.82 Å². The first-order valence-corrected chi connectivity index (χ1v) is 5.77. The van der Waals surface area contributed by atoms with Gasteiger partial charge < -0.3 is 10.3 Å². The zero-order valence-electron chi connectivity index (χ0n) is 8.34. The number of thiazole rings is 1. The number of rotatable bonds is 3. The molecule has 80 valence electrons. The van der Waals surface area contributed by atoms with E-state index in [1.165, 1.54) is 0 Å². The third kappa shape index (κ3) is 1.74. The molecule has 0 saturated heterocycles. The van der Waals surface area contributed by atoms with Gasteiger partial charge in [0, 0.05) is 11.6 Å². The number of hydrogen-bond acceptors (Lipinski definition) is 5. The average molecular weight is 231 g/mol. The fourth-order valence-electron chi connectivity index (χ4n) is 1.42. The second-order valence-electron chi connectivity index (χ2n) is 3.30. The fraction of sp³-hybridized carbons (Fsp3) is 0.100. The van der Waals surface area contributed by atoms with Gasteiger partial charge in [0.1, 0.15) is 11.3 Å². The van der Waals surface area contributed by atoms with Crippen LogP contribution < -0.4 is 5.32 Å². The molecule has 3 aromatic heterocycles. The Kier molecular flexibility index (Phi) is 2.26. The third-order valence-corrected chi connectivity index (χ3v) is 2.83. The molecule has 0 bridgehead atoms. The molecule has 3 aromatic rings. The normalized spacial score (nSPS) is 10.8. The number of anilines is 1. The van der Waals surface area contributed by atoms with Crippen LogP contribution in [0.5, 0.6) is 0 Å². The van der Waals surface area contributed by atoms with E-state index in [1.54, 1.807) is 17.5 Å². The standard InChI is InChI=1S/C10H9N5S/c1-2-11-10-8(1)15-9(4-13-10)12-3-7-5-16-6-14-7/h1-2,4-6H,3H2,(H,11,13)(H,12,15). The molecule has 0 spiro atoms. The monoisotopic (exact) mass is 231 g/mol. The molecule has 6 heteroatoms. The van der Waals surface area contributed by atoms with Crippen LogP contribution in [0.25, 0.3) is 11.2 Å². The van der Waals surface area contributed by atoms with Crippen molar-refractivity contribution in [1.82, 2.24) is 19.9 Å². The van der Waals surface area contributed by atoms with E-state index < -0.39 is 0 Å². The summed E-state index contributed by atoms with van der Waals surface area (Å²) in [7, 11) is 0. The van der Waals surface area contributed by atoms with Gasteiger partial charge in [-0.25, -0.2) is 15.0 Å². The molecule has 0 aliphatic carbocycles. The van der Waals surface area contributed by atoms with E-state index in [2.05, 4.69) is 25.3 Å². The molecule has 0 atom stereocenters. The summed E-state index contributed by atoms with van der Waals surface area (Å²) in [6, 6.07) is 1.90. The van der Waals surface area contributed by atoms with Crippen molar-refractivity contribution in [2.75, 3.05) is 5.32 Å². The smallest absolute Gasteiger partial charge is 0.156 e. The molecule has 0 fully saturated rings. The van der Waals surface area contributed by atoms with Crippen molar-refractivity contribution in [3.8, 4) is 0 Å². The molecular formula is C10H9N5S. The molecule has 0 radical (unpaired) electrons. The number of fused-ring (bicyclic) bond motifs is 1. The lowest BCUT2D eigenvalue weighted by Gasteiger charge is -2.02. The van der Waals surface area contributed by atoms with E-state index in [-0.39, 0.29) is 0 Å². The summed E-state index contributed by atoms with van der Waals surface area (Å²) in [5.74, 6) is 0.764. The van der Waals surface area contributed by atoms with Crippen molar-refractivity contribution in [2.24, 2.45) is 0 Å². The summed E-state index contributed by atoms with van der Waals surface area (Å²) < 4.78 is 0. The maximum atomic E-state index is 4.41. The highest BCUT2D eigenvalue weighted by atomic mass is 32.1. The van der Waals surface area contributed by atoms with Gasteiger partial charge in [0.25, 0.3) is 0 Å². The quantitative estimate of drug-likeness (QED) is 0.723. The summed E-state index contributed by atoms with van der Waals surface area (Å²) in [4.78, 5) is 15.8. The highest BCUT2D eigenvalue weighted by Gasteiger charge is 2.00. The number of nitrogens with zero attached hydrogens (tertiary/aromatic N) is 3. The van der Waals surface area contributed by atoms with E-state index in [0.717, 1.165) is 22.7 Å². The Morgan fingerprint density at radius 3 is 3.25 bits per heavy atom. The van der Waals surface area contributed by atoms with Crippen molar-refractivity contribution < 1.29 is 0 Å². The van der Waals surface area contributed by atoms with Gasteiger partial charge in [-0.1, -0.05) is 0 Å². The van der Waals surface area contributed by atoms with Gasteiger partial charge in [0.05, 0.1) is 23.9 Å². The molecule has 3 heterocycles. The van der Waals surface area contributed by atoms with E-state index in [1.807, 2.05) is 23.2 Å². The van der Waals surface area contributed by atoms with Gasteiger partial charge in [0.15, 0.2) is 5.65 Å². The minimum atomic E-state index is 0.675.